The summed E-state index contributed by atoms with van der Waals surface area (Å²) in [6.07, 6.45) is 0. The van der Waals surface area contributed by atoms with E-state index in [1.165, 1.54) is 0 Å². The van der Waals surface area contributed by atoms with Crippen molar-refractivity contribution < 1.29 is 52.5 Å². The van der Waals surface area contributed by atoms with Gasteiger partial charge in [-0.15, -0.1) is 0 Å². The first-order valence-corrected chi connectivity index (χ1v) is 13.7. The van der Waals surface area contributed by atoms with Crippen LogP contribution in [0.5, 0.6) is 0 Å². The minimum Gasteiger partial charge on any atom is 1.00 e. The molecule has 0 fully saturated rings. The van der Waals surface area contributed by atoms with Gasteiger partial charge in [0.1, 0.15) is 0 Å². The Kier molecular flexibility index (Phi) is 9.06. The third-order valence-electron chi connectivity index (χ3n) is 6.36. The van der Waals surface area contributed by atoms with E-state index in [1.807, 2.05) is 0 Å². The molecule has 0 atom stereocenters. The van der Waals surface area contributed by atoms with E-state index in [4.69, 9.17) is 0 Å². The van der Waals surface area contributed by atoms with E-state index in [1.54, 1.807) is 0 Å². The molecular weight excluding hydrogens is 235 g/mol. The summed E-state index contributed by atoms with van der Waals surface area (Å²) in [5.41, 5.74) is 2.66. The number of rotatable bonds is 0. The molecule has 0 heterocycles. The third-order valence-corrected chi connectivity index (χ3v) is 33.1. The second-order valence-electron chi connectivity index (χ2n) is 9.27. The van der Waals surface area contributed by atoms with Crippen LogP contribution in [0.15, 0.2) is 0 Å². The molecule has 3 heteroatoms. The van der Waals surface area contributed by atoms with E-state index >= 15 is 0 Å². The van der Waals surface area contributed by atoms with Gasteiger partial charge in [0, 0.05) is 0 Å². The predicted molar refractivity (Wildman–Crippen MR) is 65.0 cm³/mol. The van der Waals surface area contributed by atoms with E-state index in [9.17, 15) is 0 Å². The first kappa shape index (κ1) is 23.0. The molecule has 0 aromatic heterocycles. The molecule has 0 aliphatic heterocycles. The molecule has 0 spiro atoms. The first-order valence-electron chi connectivity index (χ1n) is 6.27. The van der Waals surface area contributed by atoms with E-state index in [-0.39, 0.29) is 37.7 Å². The summed E-state index contributed by atoms with van der Waals surface area (Å²) in [6.45, 7) is 22.2. The zero-order valence-electron chi connectivity index (χ0n) is 14.2. The van der Waals surface area contributed by atoms with Crippen molar-refractivity contribution in [1.29, 1.82) is 0 Å². The second kappa shape index (κ2) is 6.31. The molecule has 86 valence electrons. The van der Waals surface area contributed by atoms with Crippen LogP contribution in [0.3, 0.4) is 0 Å². The molecule has 0 aliphatic rings. The molecule has 0 amide bonds. The summed E-state index contributed by atoms with van der Waals surface area (Å²) in [5.74, 6) is 0. The van der Waals surface area contributed by atoms with Gasteiger partial charge in [0.2, 0.25) is 0 Å². The van der Waals surface area contributed by atoms with Crippen molar-refractivity contribution in [1.82, 2.24) is 0 Å². The van der Waals surface area contributed by atoms with Gasteiger partial charge < -0.3 is 0 Å². The van der Waals surface area contributed by atoms with E-state index in [2.05, 4.69) is 67.8 Å². The quantitative estimate of drug-likeness (QED) is 0.535. The van der Waals surface area contributed by atoms with Gasteiger partial charge in [-0.05, 0) is 0 Å². The molecule has 0 aliphatic carbocycles. The fraction of sp³-hybridized carbons (Fsp3) is 1.00. The van der Waals surface area contributed by atoms with Crippen molar-refractivity contribution in [2.24, 2.45) is 0 Å². The zero-order valence-corrected chi connectivity index (χ0v) is 17.2. The van der Waals surface area contributed by atoms with Crippen LogP contribution in [0.2, 0.25) is 17.5 Å². The van der Waals surface area contributed by atoms with Crippen molar-refractivity contribution in [3.63, 3.8) is 0 Å². The van der Waals surface area contributed by atoms with Crippen LogP contribution >= 0.6 is 0 Å². The molecule has 0 saturated heterocycles. The Balaban J connectivity index is -0.000000845. The molecule has 0 aromatic carbocycles. The summed E-state index contributed by atoms with van der Waals surface area (Å²) in [7, 11) is 0. The average molecular weight is 266 g/mol. The van der Waals surface area contributed by atoms with Gasteiger partial charge in [0.25, 0.3) is 0 Å². The minimum absolute atomic E-state index is 0. The van der Waals surface area contributed by atoms with Gasteiger partial charge in [0.15, 0.2) is 0 Å². The number of hydrogen-bond donors (Lipinski definition) is 0. The summed E-state index contributed by atoms with van der Waals surface area (Å²) < 4.78 is 1.63. The fourth-order valence-corrected chi connectivity index (χ4v) is 24.8. The van der Waals surface area contributed by atoms with Crippen LogP contribution in [0.4, 0.5) is 0 Å². The molecule has 0 nitrogen and oxygen atoms in total. The molecule has 0 saturated carbocycles. The maximum absolute atomic E-state index is 2.66. The van der Waals surface area contributed by atoms with Gasteiger partial charge in [-0.25, -0.2) is 0 Å². The van der Waals surface area contributed by atoms with Crippen LogP contribution in [0.25, 0.3) is 0 Å². The minimum atomic E-state index is -2.31. The van der Waals surface area contributed by atoms with Gasteiger partial charge >= 0.3 is 132 Å². The standard InChI is InChI=1S/3C4H9.CH3.2Li.Zn/c3*1-4(2)3;;;;/h3*1-3H3;1H3;;;/q;;;;2*+1;-2. The average Bonchev–Trinajstić information content (AvgIpc) is 1.77. The monoisotopic (exact) mass is 264 g/mol. The van der Waals surface area contributed by atoms with Gasteiger partial charge in [-0.1, -0.05) is 0 Å². The third kappa shape index (κ3) is 4.18. The predicted octanol–water partition coefficient (Wildman–Crippen LogP) is -0.148. The maximum Gasteiger partial charge on any atom is 1.00 e. The Morgan fingerprint density at radius 3 is 0.625 bits per heavy atom. The Bertz CT molecular complexity index is 167. The van der Waals surface area contributed by atoms with Crippen LogP contribution in [0, 0.1) is 0 Å². The summed E-state index contributed by atoms with van der Waals surface area (Å²) >= 11 is -2.31. The Morgan fingerprint density at radius 2 is 0.625 bits per heavy atom. The smallest absolute Gasteiger partial charge is 1.00 e. The van der Waals surface area contributed by atoms with Crippen molar-refractivity contribution in [3.05, 3.63) is 0 Å². The molecule has 0 aromatic rings. The molecule has 16 heavy (non-hydrogen) atoms. The largest absolute Gasteiger partial charge is 1.00 e. The number of hydrogen-bond acceptors (Lipinski definition) is 0. The molecule has 0 radical (unpaired) electrons. The SMILES string of the molecule is C[C](C)(C)[Zn-2]([CH3])([C](C)(C)C)[C](C)(C)C.[Li+].[Li+]. The molecule has 0 bridgehead atoms. The van der Waals surface area contributed by atoms with Gasteiger partial charge in [-0.2, -0.15) is 0 Å². The van der Waals surface area contributed by atoms with Crippen molar-refractivity contribution in [2.75, 3.05) is 0 Å². The van der Waals surface area contributed by atoms with E-state index < -0.39 is 14.8 Å². The summed E-state index contributed by atoms with van der Waals surface area (Å²) in [5, 5.41) is 0. The van der Waals surface area contributed by atoms with Crippen molar-refractivity contribution in [3.8, 4) is 0 Å². The van der Waals surface area contributed by atoms with Crippen LogP contribution in [-0.4, -0.2) is 0 Å². The fourth-order valence-electron chi connectivity index (χ4n) is 4.77. The second-order valence-corrected chi connectivity index (χ2v) is 29.3. The topological polar surface area (TPSA) is 0 Å². The normalized spacial score (nSPS) is 13.9. The van der Waals surface area contributed by atoms with Gasteiger partial charge in [0.05, 0.1) is 0 Å². The molecule has 0 unspecified atom stereocenters. The van der Waals surface area contributed by atoms with Crippen molar-refractivity contribution in [2.45, 2.75) is 79.9 Å². The zero-order chi connectivity index (χ0) is 12.0. The first-order chi connectivity index (χ1) is 5.75. The molecule has 0 N–H and O–H groups in total. The van der Waals surface area contributed by atoms with Crippen LogP contribution in [0.1, 0.15) is 62.3 Å². The van der Waals surface area contributed by atoms with Crippen LogP contribution < -0.4 is 37.7 Å². The Labute approximate surface area is 131 Å². The van der Waals surface area contributed by atoms with Gasteiger partial charge in [-0.3, -0.25) is 0 Å². The van der Waals surface area contributed by atoms with E-state index in [0.717, 1.165) is 0 Å². The van der Waals surface area contributed by atoms with Crippen molar-refractivity contribution >= 4 is 0 Å². The van der Waals surface area contributed by atoms with Crippen LogP contribution in [-0.2, 0) is 14.8 Å². The van der Waals surface area contributed by atoms with E-state index in [0.29, 0.717) is 12.0 Å². The molecular formula is C13H30Li2Zn. The summed E-state index contributed by atoms with van der Waals surface area (Å²) in [4.78, 5) is 0. The summed E-state index contributed by atoms with van der Waals surface area (Å²) in [6, 6.07) is 0. The molecule has 0 rings (SSSR count). The Hall–Kier alpha value is 1.82. The maximum atomic E-state index is 2.66. The Morgan fingerprint density at radius 1 is 0.500 bits per heavy atom.